The molecule has 2 rings (SSSR count). The highest BCUT2D eigenvalue weighted by atomic mass is 32.2. The molecule has 5 heteroatoms. The second-order valence-electron chi connectivity index (χ2n) is 5.93. The van der Waals surface area contributed by atoms with Gasteiger partial charge in [-0.3, -0.25) is 0 Å². The minimum Gasteiger partial charge on any atom is -0.387 e. The molecule has 1 heterocycles. The molecule has 19 heavy (non-hydrogen) atoms. The summed E-state index contributed by atoms with van der Waals surface area (Å²) < 4.78 is 0. The topological polar surface area (TPSA) is 61.4 Å². The number of carbonyl (C=O) groups is 1. The second-order valence-corrected chi connectivity index (χ2v) is 7.03. The third-order valence-corrected chi connectivity index (χ3v) is 5.44. The zero-order valence-electron chi connectivity index (χ0n) is 11.6. The molecule has 2 amide bonds. The van der Waals surface area contributed by atoms with Gasteiger partial charge in [-0.25, -0.2) is 4.79 Å². The molecular formula is C14H26N2O2S. The zero-order valence-corrected chi connectivity index (χ0v) is 12.4. The summed E-state index contributed by atoms with van der Waals surface area (Å²) in [6.07, 6.45) is 8.59. The maximum absolute atomic E-state index is 11.6. The third-order valence-electron chi connectivity index (χ3n) is 4.21. The smallest absolute Gasteiger partial charge is 0.314 e. The molecule has 1 unspecified atom stereocenters. The molecule has 1 atom stereocenters. The number of hydrogen-bond acceptors (Lipinski definition) is 3. The van der Waals surface area contributed by atoms with Gasteiger partial charge in [0.2, 0.25) is 0 Å². The van der Waals surface area contributed by atoms with Crippen LogP contribution in [0, 0.1) is 5.92 Å². The number of thioether (sulfide) groups is 1. The average molecular weight is 286 g/mol. The quantitative estimate of drug-likeness (QED) is 0.656. The van der Waals surface area contributed by atoms with Crippen molar-refractivity contribution in [3.8, 4) is 0 Å². The Balaban J connectivity index is 1.49. The van der Waals surface area contributed by atoms with Gasteiger partial charge < -0.3 is 15.7 Å². The normalized spacial score (nSPS) is 27.6. The predicted molar refractivity (Wildman–Crippen MR) is 79.5 cm³/mol. The van der Waals surface area contributed by atoms with Gasteiger partial charge in [-0.15, -0.1) is 0 Å². The van der Waals surface area contributed by atoms with Gasteiger partial charge in [-0.1, -0.05) is 25.7 Å². The van der Waals surface area contributed by atoms with Crippen LogP contribution in [0.1, 0.15) is 44.9 Å². The number of urea groups is 1. The minimum absolute atomic E-state index is 0.142. The molecule has 0 aromatic rings. The molecule has 2 aliphatic rings. The maximum Gasteiger partial charge on any atom is 0.314 e. The highest BCUT2D eigenvalue weighted by molar-refractivity contribution is 7.99. The van der Waals surface area contributed by atoms with E-state index in [-0.39, 0.29) is 6.03 Å². The lowest BCUT2D eigenvalue weighted by molar-refractivity contribution is 0.0700. The van der Waals surface area contributed by atoms with Gasteiger partial charge in [0.25, 0.3) is 0 Å². The molecule has 3 N–H and O–H groups in total. The first-order valence-electron chi connectivity index (χ1n) is 7.50. The Morgan fingerprint density at radius 1 is 1.32 bits per heavy atom. The Morgan fingerprint density at radius 3 is 2.79 bits per heavy atom. The molecule has 0 radical (unpaired) electrons. The summed E-state index contributed by atoms with van der Waals surface area (Å²) in [5.74, 6) is 2.61. The van der Waals surface area contributed by atoms with E-state index in [4.69, 9.17) is 0 Å². The van der Waals surface area contributed by atoms with Gasteiger partial charge >= 0.3 is 6.03 Å². The van der Waals surface area contributed by atoms with Gasteiger partial charge in [0.05, 0.1) is 5.60 Å². The Bertz CT molecular complexity index is 287. The molecule has 2 fully saturated rings. The highest BCUT2D eigenvalue weighted by Crippen LogP contribution is 2.28. The van der Waals surface area contributed by atoms with Crippen LogP contribution in [0.5, 0.6) is 0 Å². The van der Waals surface area contributed by atoms with E-state index in [1.165, 1.54) is 32.1 Å². The maximum atomic E-state index is 11.6. The molecule has 0 bridgehead atoms. The molecule has 0 aromatic heterocycles. The standard InChI is InChI=1S/C14H26N2O2S/c17-13(16-10-14(18)7-9-19-11-14)15-8-3-6-12-4-1-2-5-12/h12,18H,1-11H2,(H2,15,16,17). The van der Waals surface area contributed by atoms with Crippen LogP contribution in [0.2, 0.25) is 0 Å². The fourth-order valence-electron chi connectivity index (χ4n) is 2.93. The molecule has 1 saturated carbocycles. The Hall–Kier alpha value is -0.420. The fourth-order valence-corrected chi connectivity index (χ4v) is 4.23. The van der Waals surface area contributed by atoms with Crippen LogP contribution < -0.4 is 10.6 Å². The van der Waals surface area contributed by atoms with Crippen molar-refractivity contribution >= 4 is 17.8 Å². The van der Waals surface area contributed by atoms with Crippen molar-refractivity contribution < 1.29 is 9.90 Å². The summed E-state index contributed by atoms with van der Waals surface area (Å²) in [6, 6.07) is -0.142. The molecule has 1 saturated heterocycles. The molecule has 4 nitrogen and oxygen atoms in total. The van der Waals surface area contributed by atoms with Crippen LogP contribution in [0.4, 0.5) is 4.79 Å². The fraction of sp³-hybridized carbons (Fsp3) is 0.929. The minimum atomic E-state index is -0.689. The summed E-state index contributed by atoms with van der Waals surface area (Å²) in [5.41, 5.74) is -0.689. The SMILES string of the molecule is O=C(NCCCC1CCCC1)NCC1(O)CCSC1. The van der Waals surface area contributed by atoms with Crippen molar-refractivity contribution in [1.29, 1.82) is 0 Å². The van der Waals surface area contributed by atoms with E-state index in [2.05, 4.69) is 10.6 Å². The Kier molecular flexibility index (Phi) is 5.82. The van der Waals surface area contributed by atoms with E-state index in [9.17, 15) is 9.90 Å². The molecule has 110 valence electrons. The lowest BCUT2D eigenvalue weighted by Crippen LogP contribution is -2.46. The van der Waals surface area contributed by atoms with E-state index >= 15 is 0 Å². The van der Waals surface area contributed by atoms with Crippen LogP contribution in [0.25, 0.3) is 0 Å². The van der Waals surface area contributed by atoms with Crippen LogP contribution in [-0.2, 0) is 0 Å². The first-order chi connectivity index (χ1) is 9.18. The third kappa shape index (κ3) is 5.22. The Morgan fingerprint density at radius 2 is 2.11 bits per heavy atom. The van der Waals surface area contributed by atoms with Crippen molar-refractivity contribution in [2.45, 2.75) is 50.5 Å². The van der Waals surface area contributed by atoms with E-state index in [1.807, 2.05) is 0 Å². The monoisotopic (exact) mass is 286 g/mol. The summed E-state index contributed by atoms with van der Waals surface area (Å²) in [5, 5.41) is 15.8. The number of nitrogens with one attached hydrogen (secondary N) is 2. The molecule has 1 aliphatic heterocycles. The summed E-state index contributed by atoms with van der Waals surface area (Å²) in [7, 11) is 0. The van der Waals surface area contributed by atoms with E-state index in [0.717, 1.165) is 36.8 Å². The number of hydrogen-bond donors (Lipinski definition) is 3. The van der Waals surface area contributed by atoms with Gasteiger partial charge in [0.1, 0.15) is 0 Å². The lowest BCUT2D eigenvalue weighted by atomic mass is 10.0. The van der Waals surface area contributed by atoms with E-state index < -0.39 is 5.60 Å². The second kappa shape index (κ2) is 7.39. The van der Waals surface area contributed by atoms with Crippen molar-refractivity contribution in [3.63, 3.8) is 0 Å². The summed E-state index contributed by atoms with van der Waals surface area (Å²) in [6.45, 7) is 1.12. The van der Waals surface area contributed by atoms with Gasteiger partial charge in [-0.2, -0.15) is 11.8 Å². The predicted octanol–water partition coefficient (Wildman–Crippen LogP) is 2.12. The summed E-state index contributed by atoms with van der Waals surface area (Å²) >= 11 is 1.75. The summed E-state index contributed by atoms with van der Waals surface area (Å²) in [4.78, 5) is 11.6. The van der Waals surface area contributed by atoms with Crippen molar-refractivity contribution in [2.24, 2.45) is 5.92 Å². The molecule has 0 aromatic carbocycles. The average Bonchev–Trinajstić information content (AvgIpc) is 3.04. The Labute approximate surface area is 120 Å². The molecular weight excluding hydrogens is 260 g/mol. The van der Waals surface area contributed by atoms with Crippen molar-refractivity contribution in [3.05, 3.63) is 0 Å². The first kappa shape index (κ1) is 15.0. The molecule has 1 aliphatic carbocycles. The van der Waals surface area contributed by atoms with Crippen LogP contribution in [-0.4, -0.2) is 41.3 Å². The van der Waals surface area contributed by atoms with Crippen LogP contribution in [0.15, 0.2) is 0 Å². The van der Waals surface area contributed by atoms with Crippen LogP contribution in [0.3, 0.4) is 0 Å². The zero-order chi connectivity index (χ0) is 13.6. The van der Waals surface area contributed by atoms with Gasteiger partial charge in [-0.05, 0) is 30.9 Å². The van der Waals surface area contributed by atoms with Crippen molar-refractivity contribution in [1.82, 2.24) is 10.6 Å². The first-order valence-corrected chi connectivity index (χ1v) is 8.65. The largest absolute Gasteiger partial charge is 0.387 e. The van der Waals surface area contributed by atoms with E-state index in [1.54, 1.807) is 11.8 Å². The van der Waals surface area contributed by atoms with Crippen molar-refractivity contribution in [2.75, 3.05) is 24.6 Å². The molecule has 0 spiro atoms. The lowest BCUT2D eigenvalue weighted by Gasteiger charge is -2.21. The number of carbonyl (C=O) groups excluding carboxylic acids is 1. The van der Waals surface area contributed by atoms with Gasteiger partial charge in [0.15, 0.2) is 0 Å². The number of aliphatic hydroxyl groups is 1. The highest BCUT2D eigenvalue weighted by Gasteiger charge is 2.31. The van der Waals surface area contributed by atoms with Crippen LogP contribution >= 0.6 is 11.8 Å². The van der Waals surface area contributed by atoms with E-state index in [0.29, 0.717) is 6.54 Å². The number of rotatable bonds is 6. The van der Waals surface area contributed by atoms with Gasteiger partial charge in [0, 0.05) is 18.8 Å². The number of amides is 2.